The Hall–Kier alpha value is -3.34. The molecule has 5 heteroatoms. The number of hydrogen-bond acceptors (Lipinski definition) is 4. The first-order valence-corrected chi connectivity index (χ1v) is 7.70. The standard InChI is InChI=1S/C20H16O5/c1-13(21)25-15-10-17-16(18(11-15)20(22)23)8-5-9-19(17)24-12-14-6-3-2-4-7-14/h2-11H,12H2,1H3,(H,22,23). The number of benzene rings is 3. The third kappa shape index (κ3) is 3.77. The van der Waals surface area contributed by atoms with E-state index in [4.69, 9.17) is 9.47 Å². The second-order valence-electron chi connectivity index (χ2n) is 5.50. The summed E-state index contributed by atoms with van der Waals surface area (Å²) in [6.45, 7) is 1.61. The molecule has 0 saturated carbocycles. The maximum atomic E-state index is 11.6. The highest BCUT2D eigenvalue weighted by Crippen LogP contribution is 2.33. The van der Waals surface area contributed by atoms with Gasteiger partial charge in [-0.15, -0.1) is 0 Å². The number of aromatic carboxylic acids is 1. The van der Waals surface area contributed by atoms with Gasteiger partial charge in [-0.05, 0) is 23.8 Å². The van der Waals surface area contributed by atoms with E-state index >= 15 is 0 Å². The van der Waals surface area contributed by atoms with Crippen molar-refractivity contribution in [3.63, 3.8) is 0 Å². The lowest BCUT2D eigenvalue weighted by molar-refractivity contribution is -0.131. The lowest BCUT2D eigenvalue weighted by Crippen LogP contribution is -2.05. The molecule has 0 bridgehead atoms. The molecule has 0 aliphatic carbocycles. The fourth-order valence-corrected chi connectivity index (χ4v) is 2.59. The summed E-state index contributed by atoms with van der Waals surface area (Å²) in [7, 11) is 0. The van der Waals surface area contributed by atoms with E-state index in [0.717, 1.165) is 5.56 Å². The summed E-state index contributed by atoms with van der Waals surface area (Å²) in [6.07, 6.45) is 0. The van der Waals surface area contributed by atoms with E-state index in [1.54, 1.807) is 24.3 Å². The van der Waals surface area contributed by atoms with Crippen molar-refractivity contribution in [3.8, 4) is 11.5 Å². The molecule has 0 unspecified atom stereocenters. The highest BCUT2D eigenvalue weighted by molar-refractivity contribution is 6.06. The highest BCUT2D eigenvalue weighted by atomic mass is 16.5. The van der Waals surface area contributed by atoms with Gasteiger partial charge in [-0.25, -0.2) is 4.79 Å². The second kappa shape index (κ2) is 7.05. The molecule has 0 fully saturated rings. The van der Waals surface area contributed by atoms with E-state index in [2.05, 4.69) is 0 Å². The largest absolute Gasteiger partial charge is 0.488 e. The van der Waals surface area contributed by atoms with Crippen molar-refractivity contribution < 1.29 is 24.2 Å². The zero-order valence-electron chi connectivity index (χ0n) is 13.6. The van der Waals surface area contributed by atoms with E-state index < -0.39 is 11.9 Å². The lowest BCUT2D eigenvalue weighted by Gasteiger charge is -2.12. The molecule has 1 N–H and O–H groups in total. The van der Waals surface area contributed by atoms with E-state index in [-0.39, 0.29) is 11.3 Å². The minimum Gasteiger partial charge on any atom is -0.488 e. The third-order valence-electron chi connectivity index (χ3n) is 3.66. The molecule has 0 heterocycles. The van der Waals surface area contributed by atoms with Crippen molar-refractivity contribution in [2.24, 2.45) is 0 Å². The molecular weight excluding hydrogens is 320 g/mol. The zero-order chi connectivity index (χ0) is 17.8. The van der Waals surface area contributed by atoms with Crippen LogP contribution in [0.3, 0.4) is 0 Å². The van der Waals surface area contributed by atoms with Crippen molar-refractivity contribution in [3.05, 3.63) is 71.8 Å². The van der Waals surface area contributed by atoms with Crippen molar-refractivity contribution >= 4 is 22.7 Å². The zero-order valence-corrected chi connectivity index (χ0v) is 13.6. The number of hydrogen-bond donors (Lipinski definition) is 1. The number of ether oxygens (including phenoxy) is 2. The number of esters is 1. The average Bonchev–Trinajstić information content (AvgIpc) is 2.59. The third-order valence-corrected chi connectivity index (χ3v) is 3.66. The summed E-state index contributed by atoms with van der Waals surface area (Å²) in [4.78, 5) is 22.8. The Morgan fingerprint density at radius 1 is 0.960 bits per heavy atom. The molecular formula is C20H16O5. The van der Waals surface area contributed by atoms with Crippen molar-refractivity contribution in [1.82, 2.24) is 0 Å². The Morgan fingerprint density at radius 3 is 2.40 bits per heavy atom. The van der Waals surface area contributed by atoms with Gasteiger partial charge in [-0.1, -0.05) is 42.5 Å². The molecule has 3 aromatic carbocycles. The SMILES string of the molecule is CC(=O)Oc1cc(C(=O)O)c2cccc(OCc3ccccc3)c2c1. The summed E-state index contributed by atoms with van der Waals surface area (Å²) < 4.78 is 10.9. The molecule has 3 rings (SSSR count). The van der Waals surface area contributed by atoms with Crippen molar-refractivity contribution in [2.45, 2.75) is 13.5 Å². The van der Waals surface area contributed by atoms with E-state index in [0.29, 0.717) is 23.1 Å². The van der Waals surface area contributed by atoms with E-state index in [9.17, 15) is 14.7 Å². The van der Waals surface area contributed by atoms with Crippen LogP contribution >= 0.6 is 0 Å². The quantitative estimate of drug-likeness (QED) is 0.562. The highest BCUT2D eigenvalue weighted by Gasteiger charge is 2.15. The molecule has 0 aliphatic heterocycles. The van der Waals surface area contributed by atoms with Crippen LogP contribution in [0.4, 0.5) is 0 Å². The van der Waals surface area contributed by atoms with E-state index in [1.807, 2.05) is 30.3 Å². The van der Waals surface area contributed by atoms with Crippen LogP contribution in [0.2, 0.25) is 0 Å². The minimum absolute atomic E-state index is 0.0545. The number of carboxylic acid groups (broad SMARTS) is 1. The average molecular weight is 336 g/mol. The summed E-state index contributed by atoms with van der Waals surface area (Å²) in [6, 6.07) is 17.8. The number of fused-ring (bicyclic) bond motifs is 1. The van der Waals surface area contributed by atoms with E-state index in [1.165, 1.54) is 13.0 Å². The fraction of sp³-hybridized carbons (Fsp3) is 0.100. The summed E-state index contributed by atoms with van der Waals surface area (Å²) in [5.74, 6) is -0.913. The lowest BCUT2D eigenvalue weighted by atomic mass is 10.0. The van der Waals surface area contributed by atoms with Crippen LogP contribution in [0, 0.1) is 0 Å². The van der Waals surface area contributed by atoms with Crippen molar-refractivity contribution in [2.75, 3.05) is 0 Å². The number of rotatable bonds is 5. The molecule has 0 aromatic heterocycles. The van der Waals surface area contributed by atoms with Crippen LogP contribution in [-0.2, 0) is 11.4 Å². The monoisotopic (exact) mass is 336 g/mol. The number of carboxylic acids is 1. The fourth-order valence-electron chi connectivity index (χ4n) is 2.59. The molecule has 0 aliphatic rings. The first-order chi connectivity index (χ1) is 12.0. The molecule has 0 spiro atoms. The first-order valence-electron chi connectivity index (χ1n) is 7.70. The predicted octanol–water partition coefficient (Wildman–Crippen LogP) is 4.04. The van der Waals surface area contributed by atoms with Gasteiger partial charge in [0.05, 0.1) is 5.56 Å². The van der Waals surface area contributed by atoms with Crippen LogP contribution < -0.4 is 9.47 Å². The molecule has 5 nitrogen and oxygen atoms in total. The van der Waals surface area contributed by atoms with Gasteiger partial charge in [0.25, 0.3) is 0 Å². The van der Waals surface area contributed by atoms with Crippen LogP contribution in [0.25, 0.3) is 10.8 Å². The van der Waals surface area contributed by atoms with Gasteiger partial charge in [0.15, 0.2) is 0 Å². The first kappa shape index (κ1) is 16.5. The Morgan fingerprint density at radius 2 is 1.72 bits per heavy atom. The normalized spacial score (nSPS) is 10.4. The van der Waals surface area contributed by atoms with Crippen LogP contribution in [0.5, 0.6) is 11.5 Å². The predicted molar refractivity (Wildman–Crippen MR) is 93.0 cm³/mol. The second-order valence-corrected chi connectivity index (χ2v) is 5.50. The Balaban J connectivity index is 2.04. The van der Waals surface area contributed by atoms with Crippen molar-refractivity contribution in [1.29, 1.82) is 0 Å². The molecule has 0 atom stereocenters. The molecule has 0 radical (unpaired) electrons. The van der Waals surface area contributed by atoms with Crippen LogP contribution in [0.15, 0.2) is 60.7 Å². The summed E-state index contributed by atoms with van der Waals surface area (Å²) >= 11 is 0. The smallest absolute Gasteiger partial charge is 0.336 e. The van der Waals surface area contributed by atoms with Gasteiger partial charge in [0.1, 0.15) is 18.1 Å². The molecule has 0 amide bonds. The molecule has 0 saturated heterocycles. The Bertz CT molecular complexity index is 931. The van der Waals surface area contributed by atoms with Gasteiger partial charge in [-0.2, -0.15) is 0 Å². The topological polar surface area (TPSA) is 72.8 Å². The van der Waals surface area contributed by atoms with Gasteiger partial charge in [0, 0.05) is 17.7 Å². The van der Waals surface area contributed by atoms with Gasteiger partial charge in [-0.3, -0.25) is 4.79 Å². The Labute approximate surface area is 144 Å². The number of carbonyl (C=O) groups is 2. The van der Waals surface area contributed by atoms with Gasteiger partial charge in [0.2, 0.25) is 0 Å². The Kier molecular flexibility index (Phi) is 4.66. The summed E-state index contributed by atoms with van der Waals surface area (Å²) in [5, 5.41) is 10.6. The minimum atomic E-state index is -1.10. The van der Waals surface area contributed by atoms with Crippen LogP contribution in [-0.4, -0.2) is 17.0 Å². The molecule has 3 aromatic rings. The van der Waals surface area contributed by atoms with Crippen LogP contribution in [0.1, 0.15) is 22.8 Å². The van der Waals surface area contributed by atoms with Gasteiger partial charge < -0.3 is 14.6 Å². The maximum absolute atomic E-state index is 11.6. The molecule has 25 heavy (non-hydrogen) atoms. The molecule has 126 valence electrons. The van der Waals surface area contributed by atoms with Gasteiger partial charge >= 0.3 is 11.9 Å². The number of carbonyl (C=O) groups excluding carboxylic acids is 1. The maximum Gasteiger partial charge on any atom is 0.336 e. The summed E-state index contributed by atoms with van der Waals surface area (Å²) in [5.41, 5.74) is 1.05.